The van der Waals surface area contributed by atoms with Gasteiger partial charge in [-0.1, -0.05) is 125 Å². The van der Waals surface area contributed by atoms with Gasteiger partial charge in [-0.2, -0.15) is 0 Å². The second-order valence-electron chi connectivity index (χ2n) is 21.0. The number of nitrogen functional groups attached to an aromatic ring is 2. The van der Waals surface area contributed by atoms with Crippen LogP contribution in [0.2, 0.25) is 0 Å². The van der Waals surface area contributed by atoms with Crippen LogP contribution in [-0.4, -0.2) is 23.6 Å². The van der Waals surface area contributed by atoms with Gasteiger partial charge in [0.2, 0.25) is 0 Å². The van der Waals surface area contributed by atoms with E-state index in [0.717, 1.165) is 79.2 Å². The van der Waals surface area contributed by atoms with E-state index < -0.39 is 0 Å². The molecule has 72 heavy (non-hydrogen) atoms. The molecule has 0 atom stereocenters. The molecule has 0 unspecified atom stereocenters. The summed E-state index contributed by atoms with van der Waals surface area (Å²) >= 11 is 0. The monoisotopic (exact) mass is 948 g/mol. The van der Waals surface area contributed by atoms with E-state index in [2.05, 4.69) is 36.4 Å². The smallest absolute Gasteiger partial charge is 0.266 e. The number of hydrogen-bond acceptors (Lipinski definition) is 6. The number of benzene rings is 7. The van der Waals surface area contributed by atoms with Gasteiger partial charge in [-0.25, -0.2) is 9.80 Å². The van der Waals surface area contributed by atoms with E-state index in [1.54, 1.807) is 12.1 Å². The number of hydrogen-bond donors (Lipinski definition) is 2. The highest BCUT2D eigenvalue weighted by Gasteiger charge is 2.39. The summed E-state index contributed by atoms with van der Waals surface area (Å²) in [5.41, 5.74) is 28.5. The molecule has 3 aliphatic carbocycles. The maximum absolute atomic E-state index is 14.4. The fourth-order valence-corrected chi connectivity index (χ4v) is 12.8. The molecule has 0 bridgehead atoms. The zero-order valence-electron chi connectivity index (χ0n) is 40.8. The molecule has 8 nitrogen and oxygen atoms in total. The Labute approximate surface area is 422 Å². The number of fused-ring (bicyclic) bond motifs is 2. The van der Waals surface area contributed by atoms with Crippen molar-refractivity contribution < 1.29 is 19.2 Å². The van der Waals surface area contributed by atoms with Gasteiger partial charge in [0, 0.05) is 11.4 Å². The number of amides is 4. The molecule has 7 aromatic carbocycles. The lowest BCUT2D eigenvalue weighted by Gasteiger charge is -2.32. The van der Waals surface area contributed by atoms with E-state index in [1.807, 2.05) is 91.0 Å². The third-order valence-electron chi connectivity index (χ3n) is 16.6. The van der Waals surface area contributed by atoms with Crippen molar-refractivity contribution in [2.75, 3.05) is 21.3 Å². The van der Waals surface area contributed by atoms with E-state index in [0.29, 0.717) is 62.8 Å². The van der Waals surface area contributed by atoms with Crippen LogP contribution in [0.4, 0.5) is 22.7 Å². The van der Waals surface area contributed by atoms with Crippen LogP contribution in [0, 0.1) is 0 Å². The van der Waals surface area contributed by atoms with Crippen molar-refractivity contribution >= 4 is 46.4 Å². The van der Waals surface area contributed by atoms with Crippen molar-refractivity contribution in [1.29, 1.82) is 0 Å². The highest BCUT2D eigenvalue weighted by molar-refractivity contribution is 6.35. The minimum absolute atomic E-state index is 0.290. The average Bonchev–Trinajstić information content (AvgIpc) is 3.83. The maximum Gasteiger partial charge on any atom is 0.266 e. The Hall–Kier alpha value is -7.58. The van der Waals surface area contributed by atoms with Crippen LogP contribution in [0.5, 0.6) is 0 Å². The van der Waals surface area contributed by atoms with E-state index in [1.165, 1.54) is 88.1 Å². The highest BCUT2D eigenvalue weighted by Crippen LogP contribution is 2.49. The predicted molar refractivity (Wildman–Crippen MR) is 290 cm³/mol. The summed E-state index contributed by atoms with van der Waals surface area (Å²) in [5.74, 6) is -0.143. The van der Waals surface area contributed by atoms with E-state index >= 15 is 0 Å². The van der Waals surface area contributed by atoms with Crippen molar-refractivity contribution in [3.05, 3.63) is 178 Å². The second-order valence-corrected chi connectivity index (χ2v) is 21.0. The van der Waals surface area contributed by atoms with Crippen molar-refractivity contribution in [1.82, 2.24) is 0 Å². The molecule has 3 saturated carbocycles. The normalized spacial score (nSPS) is 17.7. The van der Waals surface area contributed by atoms with Gasteiger partial charge in [0.25, 0.3) is 23.6 Å². The number of nitrogens with two attached hydrogens (primary N) is 2. The molecule has 5 aliphatic rings. The summed E-state index contributed by atoms with van der Waals surface area (Å²) in [6.07, 6.45) is 17.4. The van der Waals surface area contributed by atoms with Gasteiger partial charge in [-0.05, 0) is 190 Å². The van der Waals surface area contributed by atoms with E-state index in [-0.39, 0.29) is 23.6 Å². The molecule has 0 spiro atoms. The molecule has 4 N–H and O–H groups in total. The van der Waals surface area contributed by atoms with Gasteiger partial charge in [0.15, 0.2) is 0 Å². The van der Waals surface area contributed by atoms with E-state index in [4.69, 9.17) is 11.5 Å². The van der Waals surface area contributed by atoms with Crippen molar-refractivity contribution in [2.45, 2.75) is 114 Å². The second kappa shape index (κ2) is 18.9. The van der Waals surface area contributed by atoms with Crippen LogP contribution in [0.15, 0.2) is 140 Å². The number of rotatable bonds is 9. The largest absolute Gasteiger partial charge is 0.399 e. The molecule has 0 saturated heterocycles. The van der Waals surface area contributed by atoms with Crippen LogP contribution in [0.3, 0.4) is 0 Å². The molecule has 8 heteroatoms. The summed E-state index contributed by atoms with van der Waals surface area (Å²) in [5, 5.41) is 0. The quantitative estimate of drug-likeness (QED) is 0.110. The van der Waals surface area contributed by atoms with Crippen LogP contribution >= 0.6 is 0 Å². The summed E-state index contributed by atoms with van der Waals surface area (Å²) in [6.45, 7) is 0. The van der Waals surface area contributed by atoms with Crippen LogP contribution in [0.1, 0.15) is 172 Å². The Morgan fingerprint density at radius 3 is 1.12 bits per heavy atom. The van der Waals surface area contributed by atoms with Crippen LogP contribution in [-0.2, 0) is 0 Å². The Kier molecular flexibility index (Phi) is 11.9. The Morgan fingerprint density at radius 1 is 0.306 bits per heavy atom. The first-order valence-corrected chi connectivity index (χ1v) is 26.4. The fourth-order valence-electron chi connectivity index (χ4n) is 12.8. The number of nitrogens with zero attached hydrogens (tertiary/aromatic N) is 2. The summed E-state index contributed by atoms with van der Waals surface area (Å²) in [7, 11) is 0. The van der Waals surface area contributed by atoms with Gasteiger partial charge in [-0.15, -0.1) is 0 Å². The van der Waals surface area contributed by atoms with Gasteiger partial charge >= 0.3 is 0 Å². The standard InChI is InChI=1S/C64H60N4O4/c65-48-24-16-39(17-25-48)45-22-31-53-58(34-45)63(71)67(61(53)69)50-28-20-44(21-29-50)60-56(42-12-6-2-7-13-42)36-47(37-57(60)43-14-8-3-9-15-43)52-33-30-51(38-55(52)41-10-4-1-5-11-41)68-62(70)54-32-23-46(35-59(54)64(68)72)40-18-26-49(66)27-19-40/h16-38,41-43H,1-15,65-66H2. The minimum atomic E-state index is -0.318. The predicted octanol–water partition coefficient (Wildman–Crippen LogP) is 15.3. The van der Waals surface area contributed by atoms with Crippen molar-refractivity contribution in [3.63, 3.8) is 0 Å². The first kappa shape index (κ1) is 45.6. The molecule has 360 valence electrons. The zero-order chi connectivity index (χ0) is 49.0. The number of imide groups is 2. The average molecular weight is 949 g/mol. The zero-order valence-corrected chi connectivity index (χ0v) is 40.8. The van der Waals surface area contributed by atoms with Gasteiger partial charge in [0.1, 0.15) is 0 Å². The van der Waals surface area contributed by atoms with Crippen LogP contribution in [0.25, 0.3) is 44.5 Å². The lowest BCUT2D eigenvalue weighted by Crippen LogP contribution is -2.29. The van der Waals surface area contributed by atoms with Crippen LogP contribution < -0.4 is 21.3 Å². The molecule has 2 heterocycles. The highest BCUT2D eigenvalue weighted by atomic mass is 16.2. The molecule has 4 amide bonds. The Bertz CT molecular complexity index is 3240. The lowest BCUT2D eigenvalue weighted by molar-refractivity contribution is 0.0910. The molecule has 3 fully saturated rings. The first-order valence-electron chi connectivity index (χ1n) is 26.4. The molecule has 2 aliphatic heterocycles. The van der Waals surface area contributed by atoms with E-state index in [9.17, 15) is 19.2 Å². The summed E-state index contributed by atoms with van der Waals surface area (Å²) in [6, 6.07) is 45.6. The van der Waals surface area contributed by atoms with Gasteiger partial charge in [0.05, 0.1) is 33.6 Å². The lowest BCUT2D eigenvalue weighted by atomic mass is 9.73. The topological polar surface area (TPSA) is 127 Å². The molecule has 12 rings (SSSR count). The Balaban J connectivity index is 0.935. The van der Waals surface area contributed by atoms with Crippen molar-refractivity contribution in [3.8, 4) is 44.5 Å². The summed E-state index contributed by atoms with van der Waals surface area (Å²) in [4.78, 5) is 59.5. The molecule has 0 aromatic heterocycles. The maximum atomic E-state index is 14.4. The van der Waals surface area contributed by atoms with Gasteiger partial charge < -0.3 is 11.5 Å². The number of carbonyl (C=O) groups excluding carboxylic acids is 4. The molecule has 0 radical (unpaired) electrons. The number of anilines is 4. The minimum Gasteiger partial charge on any atom is -0.399 e. The Morgan fingerprint density at radius 2 is 0.667 bits per heavy atom. The van der Waals surface area contributed by atoms with Crippen molar-refractivity contribution in [2.24, 2.45) is 0 Å². The third-order valence-corrected chi connectivity index (χ3v) is 16.6. The first-order chi connectivity index (χ1) is 35.2. The molecular weight excluding hydrogens is 889 g/mol. The number of carbonyl (C=O) groups is 4. The third kappa shape index (κ3) is 8.20. The summed E-state index contributed by atoms with van der Waals surface area (Å²) < 4.78 is 0. The fraction of sp³-hybridized carbons (Fsp3) is 0.281. The molecule has 7 aromatic rings. The molecular formula is C64H60N4O4. The van der Waals surface area contributed by atoms with Gasteiger partial charge in [-0.3, -0.25) is 19.2 Å². The SMILES string of the molecule is Nc1ccc(-c2ccc3c(c2)C(=O)N(c2ccc(-c4c(C5CCCCC5)cc(-c5ccc(N6C(=O)c7ccc(-c8ccc(N)cc8)cc7C6=O)cc5C5CCCCC5)cc4C4CCCCC4)cc2)C3=O)cc1.